The highest BCUT2D eigenvalue weighted by molar-refractivity contribution is 7.79. The van der Waals surface area contributed by atoms with Crippen LogP contribution in [0.25, 0.3) is 0 Å². The molecule has 0 radical (unpaired) electrons. The molecule has 1 aliphatic rings. The van der Waals surface area contributed by atoms with Crippen molar-refractivity contribution in [2.75, 3.05) is 19.6 Å². The Balaban J connectivity index is 1.89. The first-order chi connectivity index (χ1) is 10.1. The molecule has 0 spiro atoms. The van der Waals surface area contributed by atoms with Gasteiger partial charge in [0.15, 0.2) is 0 Å². The number of nitrogens with zero attached hydrogens (tertiary/aromatic N) is 1. The fourth-order valence-corrected chi connectivity index (χ4v) is 3.77. The average molecular weight is 308 g/mol. The average Bonchev–Trinajstić information content (AvgIpc) is 2.48. The first kappa shape index (κ1) is 16.7. The summed E-state index contributed by atoms with van der Waals surface area (Å²) in [6, 6.07) is 7.42. The molecule has 21 heavy (non-hydrogen) atoms. The molecule has 0 saturated carbocycles. The van der Waals surface area contributed by atoms with E-state index in [1.807, 2.05) is 12.1 Å². The topological polar surface area (TPSA) is 43.4 Å². The molecular formula is C17H26NO2S-. The Morgan fingerprint density at radius 2 is 2.10 bits per heavy atom. The Labute approximate surface area is 131 Å². The van der Waals surface area contributed by atoms with E-state index in [0.717, 1.165) is 31.8 Å². The van der Waals surface area contributed by atoms with E-state index in [1.54, 1.807) is 6.07 Å². The van der Waals surface area contributed by atoms with Crippen molar-refractivity contribution in [2.24, 2.45) is 5.92 Å². The van der Waals surface area contributed by atoms with Gasteiger partial charge in [0, 0.05) is 11.4 Å². The summed E-state index contributed by atoms with van der Waals surface area (Å²) in [6.07, 6.45) is 4.83. The molecule has 2 rings (SSSR count). The Kier molecular flexibility index (Phi) is 6.40. The number of hydrogen-bond acceptors (Lipinski definition) is 3. The molecule has 2 unspecified atom stereocenters. The van der Waals surface area contributed by atoms with Gasteiger partial charge >= 0.3 is 0 Å². The van der Waals surface area contributed by atoms with E-state index >= 15 is 0 Å². The van der Waals surface area contributed by atoms with Crippen molar-refractivity contribution in [1.82, 2.24) is 4.90 Å². The Bertz CT molecular complexity index is 470. The number of benzene rings is 1. The lowest BCUT2D eigenvalue weighted by atomic mass is 9.89. The van der Waals surface area contributed by atoms with Gasteiger partial charge in [-0.05, 0) is 73.0 Å². The number of hydrogen-bond donors (Lipinski definition) is 0. The van der Waals surface area contributed by atoms with Crippen molar-refractivity contribution < 1.29 is 8.76 Å². The zero-order chi connectivity index (χ0) is 15.2. The molecule has 0 amide bonds. The lowest BCUT2D eigenvalue weighted by Crippen LogP contribution is -2.36. The van der Waals surface area contributed by atoms with Crippen LogP contribution in [0.1, 0.15) is 51.0 Å². The summed E-state index contributed by atoms with van der Waals surface area (Å²) in [7, 11) is 0. The van der Waals surface area contributed by atoms with Crippen molar-refractivity contribution in [3.63, 3.8) is 0 Å². The maximum Gasteiger partial charge on any atom is 0.0251 e. The highest BCUT2D eigenvalue weighted by Gasteiger charge is 2.21. The van der Waals surface area contributed by atoms with E-state index in [9.17, 15) is 8.76 Å². The normalized spacial score (nSPS) is 20.3. The predicted molar refractivity (Wildman–Crippen MR) is 86.1 cm³/mol. The molecular weight excluding hydrogens is 282 g/mol. The van der Waals surface area contributed by atoms with Gasteiger partial charge < -0.3 is 9.45 Å². The standard InChI is InChI=1S/C17H27NO2S/c1-3-5-14(2)13-18-10-8-15(9-11-18)16-6-4-7-17(12-16)21(19)20/h4,6-7,12,14-15H,3,5,8-11,13H2,1-2H3,(H,19,20)/p-1. The molecule has 1 aromatic carbocycles. The molecule has 2 atom stereocenters. The third kappa shape index (κ3) is 4.90. The van der Waals surface area contributed by atoms with Crippen LogP contribution in [-0.4, -0.2) is 33.3 Å². The second-order valence-corrected chi connectivity index (χ2v) is 7.22. The summed E-state index contributed by atoms with van der Waals surface area (Å²) in [5, 5.41) is 0. The van der Waals surface area contributed by atoms with E-state index in [1.165, 1.54) is 24.9 Å². The molecule has 3 nitrogen and oxygen atoms in total. The summed E-state index contributed by atoms with van der Waals surface area (Å²) in [5.74, 6) is 1.28. The summed E-state index contributed by atoms with van der Waals surface area (Å²) < 4.78 is 22.1. The highest BCUT2D eigenvalue weighted by atomic mass is 32.2. The fraction of sp³-hybridized carbons (Fsp3) is 0.647. The van der Waals surface area contributed by atoms with E-state index in [4.69, 9.17) is 0 Å². The van der Waals surface area contributed by atoms with Gasteiger partial charge in [-0.15, -0.1) is 0 Å². The van der Waals surface area contributed by atoms with Gasteiger partial charge in [-0.25, -0.2) is 0 Å². The third-order valence-corrected chi connectivity index (χ3v) is 5.10. The quantitative estimate of drug-likeness (QED) is 0.755. The fourth-order valence-electron chi connectivity index (χ4n) is 3.35. The third-order valence-electron chi connectivity index (χ3n) is 4.46. The molecule has 0 aliphatic carbocycles. The maximum absolute atomic E-state index is 11.1. The lowest BCUT2D eigenvalue weighted by Gasteiger charge is -2.34. The van der Waals surface area contributed by atoms with Gasteiger partial charge in [0.05, 0.1) is 0 Å². The van der Waals surface area contributed by atoms with Crippen LogP contribution < -0.4 is 0 Å². The van der Waals surface area contributed by atoms with Crippen molar-refractivity contribution in [2.45, 2.75) is 50.3 Å². The van der Waals surface area contributed by atoms with Gasteiger partial charge in [-0.1, -0.05) is 32.4 Å². The van der Waals surface area contributed by atoms with Crippen LogP contribution in [0, 0.1) is 5.92 Å². The molecule has 4 heteroatoms. The smallest absolute Gasteiger partial charge is 0.0251 e. The van der Waals surface area contributed by atoms with Gasteiger partial charge in [0.25, 0.3) is 0 Å². The minimum atomic E-state index is -2.12. The minimum absolute atomic E-state index is 0.409. The molecule has 0 N–H and O–H groups in total. The first-order valence-electron chi connectivity index (χ1n) is 8.01. The molecule has 1 heterocycles. The number of rotatable bonds is 6. The molecule has 1 aliphatic heterocycles. The van der Waals surface area contributed by atoms with E-state index in [-0.39, 0.29) is 0 Å². The summed E-state index contributed by atoms with van der Waals surface area (Å²) in [5.41, 5.74) is 1.18. The van der Waals surface area contributed by atoms with Gasteiger partial charge in [-0.3, -0.25) is 4.21 Å². The minimum Gasteiger partial charge on any atom is -0.768 e. The molecule has 1 aromatic rings. The van der Waals surface area contributed by atoms with Crippen molar-refractivity contribution in [3.8, 4) is 0 Å². The monoisotopic (exact) mass is 308 g/mol. The number of piperidine rings is 1. The summed E-state index contributed by atoms with van der Waals surface area (Å²) in [6.45, 7) is 8.04. The summed E-state index contributed by atoms with van der Waals surface area (Å²) in [4.78, 5) is 2.97. The SMILES string of the molecule is CCCC(C)CN1CCC(c2cccc(S(=O)[O-])c2)CC1. The summed E-state index contributed by atoms with van der Waals surface area (Å²) >= 11 is -2.12. The van der Waals surface area contributed by atoms with Crippen LogP contribution in [0.3, 0.4) is 0 Å². The molecule has 1 saturated heterocycles. The van der Waals surface area contributed by atoms with Crippen molar-refractivity contribution >= 4 is 11.1 Å². The van der Waals surface area contributed by atoms with Gasteiger partial charge in [-0.2, -0.15) is 0 Å². The largest absolute Gasteiger partial charge is 0.768 e. The second-order valence-electron chi connectivity index (χ2n) is 6.28. The maximum atomic E-state index is 11.1. The molecule has 0 bridgehead atoms. The van der Waals surface area contributed by atoms with E-state index in [0.29, 0.717) is 10.8 Å². The number of likely N-dealkylation sites (tertiary alicyclic amines) is 1. The van der Waals surface area contributed by atoms with E-state index < -0.39 is 11.1 Å². The van der Waals surface area contributed by atoms with Crippen LogP contribution in [0.4, 0.5) is 0 Å². The lowest BCUT2D eigenvalue weighted by molar-refractivity contribution is 0.183. The first-order valence-corrected chi connectivity index (χ1v) is 9.09. The molecule has 0 aromatic heterocycles. The van der Waals surface area contributed by atoms with Crippen LogP contribution >= 0.6 is 0 Å². The van der Waals surface area contributed by atoms with Crippen molar-refractivity contribution in [1.29, 1.82) is 0 Å². The zero-order valence-electron chi connectivity index (χ0n) is 13.1. The zero-order valence-corrected chi connectivity index (χ0v) is 13.9. The van der Waals surface area contributed by atoms with Crippen LogP contribution in [0.2, 0.25) is 0 Å². The Morgan fingerprint density at radius 3 is 2.71 bits per heavy atom. The van der Waals surface area contributed by atoms with Crippen molar-refractivity contribution in [3.05, 3.63) is 29.8 Å². The molecule has 118 valence electrons. The van der Waals surface area contributed by atoms with Crippen LogP contribution in [0.15, 0.2) is 29.2 Å². The van der Waals surface area contributed by atoms with E-state index in [2.05, 4.69) is 24.8 Å². The van der Waals surface area contributed by atoms with Gasteiger partial charge in [0.2, 0.25) is 0 Å². The van der Waals surface area contributed by atoms with Crippen LogP contribution in [-0.2, 0) is 11.1 Å². The van der Waals surface area contributed by atoms with Crippen LogP contribution in [0.5, 0.6) is 0 Å². The Hall–Kier alpha value is -0.710. The highest BCUT2D eigenvalue weighted by Crippen LogP contribution is 2.29. The second kappa shape index (κ2) is 8.06. The molecule has 1 fully saturated rings. The predicted octanol–water partition coefficient (Wildman–Crippen LogP) is 3.54. The Morgan fingerprint density at radius 1 is 1.38 bits per heavy atom. The van der Waals surface area contributed by atoms with Gasteiger partial charge in [0.1, 0.15) is 0 Å².